The highest BCUT2D eigenvalue weighted by Crippen LogP contribution is 2.26. The average Bonchev–Trinajstić information content (AvgIpc) is 3.06. The van der Waals surface area contributed by atoms with E-state index in [-0.39, 0.29) is 24.7 Å². The first kappa shape index (κ1) is 18.4. The zero-order valence-corrected chi connectivity index (χ0v) is 14.9. The van der Waals surface area contributed by atoms with Crippen LogP contribution in [0.15, 0.2) is 29.3 Å². The van der Waals surface area contributed by atoms with Crippen LogP contribution in [0.3, 0.4) is 0 Å². The van der Waals surface area contributed by atoms with Gasteiger partial charge in [-0.2, -0.15) is 4.31 Å². The van der Waals surface area contributed by atoms with Crippen LogP contribution in [0, 0.1) is 11.6 Å². The number of amides is 1. The largest absolute Gasteiger partial charge is 0.334 e. The van der Waals surface area contributed by atoms with Gasteiger partial charge in [-0.15, -0.1) is 5.10 Å². The molecule has 3 rings (SSSR count). The van der Waals surface area contributed by atoms with Gasteiger partial charge < -0.3 is 4.90 Å². The van der Waals surface area contributed by atoms with Crippen molar-refractivity contribution in [3.05, 3.63) is 41.7 Å². The van der Waals surface area contributed by atoms with Crippen LogP contribution in [-0.4, -0.2) is 64.1 Å². The van der Waals surface area contributed by atoms with Gasteiger partial charge in [-0.05, 0) is 26.0 Å². The van der Waals surface area contributed by atoms with Crippen LogP contribution < -0.4 is 0 Å². The third-order valence-electron chi connectivity index (χ3n) is 4.18. The Morgan fingerprint density at radius 2 is 1.73 bits per heavy atom. The second-order valence-corrected chi connectivity index (χ2v) is 8.06. The van der Waals surface area contributed by atoms with Crippen molar-refractivity contribution in [1.29, 1.82) is 0 Å². The number of nitrogens with zero attached hydrogens (tertiary/aromatic N) is 4. The summed E-state index contributed by atoms with van der Waals surface area (Å²) in [6, 6.07) is 1.00. The maximum absolute atomic E-state index is 13.5. The molecule has 1 N–H and O–H groups in total. The molecule has 1 aromatic carbocycles. The van der Waals surface area contributed by atoms with Gasteiger partial charge in [-0.25, -0.2) is 17.2 Å². The first-order valence-electron chi connectivity index (χ1n) is 7.85. The van der Waals surface area contributed by atoms with Gasteiger partial charge in [0.1, 0.15) is 17.3 Å². The molecule has 1 aromatic heterocycles. The van der Waals surface area contributed by atoms with E-state index in [1.165, 1.54) is 15.4 Å². The number of benzene rings is 1. The summed E-state index contributed by atoms with van der Waals surface area (Å²) in [6.45, 7) is 3.52. The monoisotopic (exact) mass is 385 g/mol. The molecule has 0 aliphatic carbocycles. The van der Waals surface area contributed by atoms with Gasteiger partial charge in [0.25, 0.3) is 5.91 Å². The Hall–Kier alpha value is -2.40. The second-order valence-electron chi connectivity index (χ2n) is 6.22. The first-order chi connectivity index (χ1) is 12.2. The molecule has 0 unspecified atom stereocenters. The van der Waals surface area contributed by atoms with Crippen molar-refractivity contribution >= 4 is 15.9 Å². The van der Waals surface area contributed by atoms with Crippen LogP contribution in [0.5, 0.6) is 0 Å². The van der Waals surface area contributed by atoms with Crippen LogP contribution in [0.4, 0.5) is 8.78 Å². The molecule has 140 valence electrons. The molecule has 1 aliphatic heterocycles. The van der Waals surface area contributed by atoms with Gasteiger partial charge in [0.2, 0.25) is 10.0 Å². The van der Waals surface area contributed by atoms with Crippen molar-refractivity contribution < 1.29 is 22.0 Å². The van der Waals surface area contributed by atoms with Crippen molar-refractivity contribution in [1.82, 2.24) is 24.6 Å². The summed E-state index contributed by atoms with van der Waals surface area (Å²) >= 11 is 0. The molecule has 1 amide bonds. The van der Waals surface area contributed by atoms with Crippen molar-refractivity contribution in [2.24, 2.45) is 0 Å². The number of H-pyrrole nitrogens is 1. The number of nitrogens with one attached hydrogen (secondary N) is 1. The average molecular weight is 385 g/mol. The van der Waals surface area contributed by atoms with Crippen LogP contribution in [0.1, 0.15) is 24.3 Å². The topological polar surface area (TPSA) is 99.3 Å². The summed E-state index contributed by atoms with van der Waals surface area (Å²) in [6.07, 6.45) is 1.29. The van der Waals surface area contributed by atoms with Crippen LogP contribution >= 0.6 is 0 Å². The number of carbonyl (C=O) groups is 1. The van der Waals surface area contributed by atoms with Gasteiger partial charge in [-0.3, -0.25) is 9.89 Å². The molecule has 8 nitrogen and oxygen atoms in total. The Morgan fingerprint density at radius 3 is 2.23 bits per heavy atom. The molecule has 2 atom stereocenters. The van der Waals surface area contributed by atoms with Gasteiger partial charge in [-0.1, -0.05) is 5.21 Å². The molecule has 0 saturated carbocycles. The lowest BCUT2D eigenvalue weighted by atomic mass is 10.1. The molecule has 2 heterocycles. The molecule has 26 heavy (non-hydrogen) atoms. The van der Waals surface area contributed by atoms with E-state index in [4.69, 9.17) is 0 Å². The maximum Gasteiger partial charge on any atom is 0.273 e. The number of halogens is 2. The fourth-order valence-electron chi connectivity index (χ4n) is 3.22. The van der Waals surface area contributed by atoms with Crippen LogP contribution in [0.2, 0.25) is 0 Å². The summed E-state index contributed by atoms with van der Waals surface area (Å²) in [5.41, 5.74) is 0.202. The van der Waals surface area contributed by atoms with Gasteiger partial charge >= 0.3 is 0 Å². The Labute approximate surface area is 148 Å². The highest BCUT2D eigenvalue weighted by Gasteiger charge is 2.40. The summed E-state index contributed by atoms with van der Waals surface area (Å²) in [5, 5.41) is 9.52. The number of aromatic amines is 1. The summed E-state index contributed by atoms with van der Waals surface area (Å²) in [4.78, 5) is 13.5. The molecular weight excluding hydrogens is 368 g/mol. The molecule has 0 bridgehead atoms. The van der Waals surface area contributed by atoms with E-state index in [0.717, 1.165) is 12.1 Å². The molecule has 1 fully saturated rings. The lowest BCUT2D eigenvalue weighted by molar-refractivity contribution is 0.0548. The predicted octanol–water partition coefficient (Wildman–Crippen LogP) is 1.01. The molecule has 0 radical (unpaired) electrons. The smallest absolute Gasteiger partial charge is 0.273 e. The number of hydrogen-bond donors (Lipinski definition) is 1. The highest BCUT2D eigenvalue weighted by atomic mass is 32.2. The van der Waals surface area contributed by atoms with Gasteiger partial charge in [0, 0.05) is 31.2 Å². The van der Waals surface area contributed by atoms with E-state index in [2.05, 4.69) is 15.4 Å². The third kappa shape index (κ3) is 3.31. The number of sulfonamides is 1. The zero-order chi connectivity index (χ0) is 19.1. The normalized spacial score (nSPS) is 21.8. The zero-order valence-electron chi connectivity index (χ0n) is 14.1. The van der Waals surface area contributed by atoms with Gasteiger partial charge in [0.15, 0.2) is 0 Å². The summed E-state index contributed by atoms with van der Waals surface area (Å²) < 4.78 is 53.8. The summed E-state index contributed by atoms with van der Waals surface area (Å²) in [7, 11) is -4.13. The molecule has 0 spiro atoms. The van der Waals surface area contributed by atoms with Crippen LogP contribution in [-0.2, 0) is 10.0 Å². The minimum Gasteiger partial charge on any atom is -0.334 e. The van der Waals surface area contributed by atoms with Gasteiger partial charge in [0.05, 0.1) is 11.1 Å². The highest BCUT2D eigenvalue weighted by molar-refractivity contribution is 7.89. The van der Waals surface area contributed by atoms with E-state index in [0.29, 0.717) is 6.07 Å². The fourth-order valence-corrected chi connectivity index (χ4v) is 5.07. The first-order valence-corrected chi connectivity index (χ1v) is 9.29. The third-order valence-corrected chi connectivity index (χ3v) is 6.29. The Bertz CT molecular complexity index is 887. The minimum atomic E-state index is -4.13. The molecule has 1 aliphatic rings. The molecule has 2 aromatic rings. The lowest BCUT2D eigenvalue weighted by Crippen LogP contribution is -2.59. The number of hydrogen-bond acceptors (Lipinski definition) is 5. The minimum absolute atomic E-state index is 0.124. The van der Waals surface area contributed by atoms with E-state index in [9.17, 15) is 22.0 Å². The Morgan fingerprint density at radius 1 is 1.15 bits per heavy atom. The summed E-state index contributed by atoms with van der Waals surface area (Å²) in [5.74, 6) is -2.28. The number of piperazine rings is 1. The molecular formula is C15H17F2N5O3S. The Balaban J connectivity index is 1.87. The van der Waals surface area contributed by atoms with Crippen molar-refractivity contribution in [3.8, 4) is 0 Å². The maximum atomic E-state index is 13.5. The number of rotatable bonds is 3. The van der Waals surface area contributed by atoms with Crippen molar-refractivity contribution in [3.63, 3.8) is 0 Å². The second kappa shape index (κ2) is 6.72. The lowest BCUT2D eigenvalue weighted by Gasteiger charge is -2.43. The SMILES string of the molecule is C[C@@H]1CN(C(=O)c2cnn[nH]2)C[C@H](C)N1S(=O)(=O)c1cc(F)cc(F)c1. The molecule has 11 heteroatoms. The van der Waals surface area contributed by atoms with E-state index >= 15 is 0 Å². The van der Waals surface area contributed by atoms with Crippen LogP contribution in [0.25, 0.3) is 0 Å². The van der Waals surface area contributed by atoms with E-state index in [1.807, 2.05) is 0 Å². The standard InChI is InChI=1S/C15H17F2N5O3S/c1-9-7-21(15(23)14-6-18-20-19-14)8-10(2)22(9)26(24,25)13-4-11(16)3-12(17)5-13/h3-6,9-10H,7-8H2,1-2H3,(H,18,19,20)/t9-,10+. The van der Waals surface area contributed by atoms with E-state index in [1.54, 1.807) is 13.8 Å². The number of aromatic nitrogens is 3. The van der Waals surface area contributed by atoms with E-state index < -0.39 is 38.6 Å². The predicted molar refractivity (Wildman–Crippen MR) is 86.6 cm³/mol. The van der Waals surface area contributed by atoms with Crippen molar-refractivity contribution in [2.75, 3.05) is 13.1 Å². The number of carbonyl (C=O) groups excluding carboxylic acids is 1. The molecule has 1 saturated heterocycles. The van der Waals surface area contributed by atoms with Crippen molar-refractivity contribution in [2.45, 2.75) is 30.8 Å². The quantitative estimate of drug-likeness (QED) is 0.850. The Kier molecular flexibility index (Phi) is 4.76. The fraction of sp³-hybridized carbons (Fsp3) is 0.400.